The van der Waals surface area contributed by atoms with Crippen LogP contribution in [0.4, 0.5) is 24.8 Å². The van der Waals surface area contributed by atoms with Gasteiger partial charge in [-0.25, -0.2) is 4.98 Å². The van der Waals surface area contributed by atoms with Crippen molar-refractivity contribution in [1.82, 2.24) is 14.9 Å². The third kappa shape index (κ3) is 3.95. The first-order valence-corrected chi connectivity index (χ1v) is 6.02. The van der Waals surface area contributed by atoms with Gasteiger partial charge in [-0.1, -0.05) is 0 Å². The predicted molar refractivity (Wildman–Crippen MR) is 66.3 cm³/mol. The van der Waals surface area contributed by atoms with Crippen LogP contribution in [0.3, 0.4) is 0 Å². The van der Waals surface area contributed by atoms with E-state index in [4.69, 9.17) is 0 Å². The summed E-state index contributed by atoms with van der Waals surface area (Å²) in [5, 5.41) is 2.89. The van der Waals surface area contributed by atoms with Crippen molar-refractivity contribution in [3.05, 3.63) is 12.4 Å². The highest BCUT2D eigenvalue weighted by molar-refractivity contribution is 5.43. The summed E-state index contributed by atoms with van der Waals surface area (Å²) in [4.78, 5) is 11.7. The van der Waals surface area contributed by atoms with Crippen molar-refractivity contribution in [3.63, 3.8) is 0 Å². The molecule has 0 saturated carbocycles. The molecule has 0 atom stereocenters. The first-order valence-electron chi connectivity index (χ1n) is 6.02. The molecule has 1 aliphatic rings. The van der Waals surface area contributed by atoms with Gasteiger partial charge < -0.3 is 10.2 Å². The molecular formula is C11H16F3N5. The molecule has 2 heterocycles. The summed E-state index contributed by atoms with van der Waals surface area (Å²) in [5.74, 6) is 1.34. The summed E-state index contributed by atoms with van der Waals surface area (Å²) in [6.45, 7) is 0.967. The van der Waals surface area contributed by atoms with Gasteiger partial charge in [-0.3, -0.25) is 9.88 Å². The van der Waals surface area contributed by atoms with E-state index in [9.17, 15) is 13.2 Å². The summed E-state index contributed by atoms with van der Waals surface area (Å²) in [6.07, 6.45) is -0.905. The molecule has 8 heteroatoms. The molecule has 1 fully saturated rings. The van der Waals surface area contributed by atoms with Gasteiger partial charge in [0.1, 0.15) is 11.6 Å². The van der Waals surface area contributed by atoms with Crippen LogP contribution in [0.5, 0.6) is 0 Å². The number of hydrogen-bond acceptors (Lipinski definition) is 5. The van der Waals surface area contributed by atoms with Gasteiger partial charge in [0, 0.05) is 33.2 Å². The van der Waals surface area contributed by atoms with E-state index < -0.39 is 12.7 Å². The molecule has 0 spiro atoms. The zero-order chi connectivity index (χ0) is 13.9. The smallest absolute Gasteiger partial charge is 0.372 e. The molecule has 0 amide bonds. The Morgan fingerprint density at radius 1 is 1.21 bits per heavy atom. The largest absolute Gasteiger partial charge is 0.401 e. The lowest BCUT2D eigenvalue weighted by atomic mass is 10.3. The summed E-state index contributed by atoms with van der Waals surface area (Å²) >= 11 is 0. The first-order chi connectivity index (χ1) is 8.98. The second kappa shape index (κ2) is 5.60. The van der Waals surface area contributed by atoms with Gasteiger partial charge in [-0.05, 0) is 0 Å². The molecule has 1 aromatic heterocycles. The molecule has 5 nitrogen and oxygen atoms in total. The van der Waals surface area contributed by atoms with Crippen LogP contribution in [0.2, 0.25) is 0 Å². The van der Waals surface area contributed by atoms with Crippen LogP contribution in [0.15, 0.2) is 12.4 Å². The Labute approximate surface area is 109 Å². The molecule has 1 aromatic rings. The Kier molecular flexibility index (Phi) is 4.08. The zero-order valence-corrected chi connectivity index (χ0v) is 10.6. The van der Waals surface area contributed by atoms with Gasteiger partial charge in [-0.15, -0.1) is 0 Å². The Balaban J connectivity index is 1.92. The van der Waals surface area contributed by atoms with E-state index in [0.717, 1.165) is 0 Å². The number of rotatable bonds is 3. The standard InChI is InChI=1S/C11H16F3N5/c1-15-9-6-16-7-10(17-9)19-4-2-18(3-5-19)8-11(12,13)14/h6-7H,2-5,8H2,1H3,(H,15,17). The van der Waals surface area contributed by atoms with Gasteiger partial charge in [0.2, 0.25) is 0 Å². The second-order valence-electron chi connectivity index (χ2n) is 4.39. The van der Waals surface area contributed by atoms with Gasteiger partial charge in [0.15, 0.2) is 0 Å². The summed E-state index contributed by atoms with van der Waals surface area (Å²) in [5.41, 5.74) is 0. The maximum absolute atomic E-state index is 12.3. The van der Waals surface area contributed by atoms with Gasteiger partial charge in [0.05, 0.1) is 18.9 Å². The van der Waals surface area contributed by atoms with Gasteiger partial charge in [-0.2, -0.15) is 13.2 Å². The second-order valence-corrected chi connectivity index (χ2v) is 4.39. The van der Waals surface area contributed by atoms with Crippen molar-refractivity contribution < 1.29 is 13.2 Å². The molecule has 1 saturated heterocycles. The van der Waals surface area contributed by atoms with Crippen molar-refractivity contribution in [1.29, 1.82) is 0 Å². The molecule has 1 aliphatic heterocycles. The lowest BCUT2D eigenvalue weighted by Gasteiger charge is -2.35. The van der Waals surface area contributed by atoms with Crippen molar-refractivity contribution >= 4 is 11.6 Å². The molecule has 0 radical (unpaired) electrons. The molecule has 19 heavy (non-hydrogen) atoms. The Bertz CT molecular complexity index is 415. The number of nitrogens with one attached hydrogen (secondary N) is 1. The number of halogens is 3. The summed E-state index contributed by atoms with van der Waals surface area (Å²) in [6, 6.07) is 0. The van der Waals surface area contributed by atoms with Crippen LogP contribution >= 0.6 is 0 Å². The predicted octanol–water partition coefficient (Wildman–Crippen LogP) is 1.20. The molecular weight excluding hydrogens is 259 g/mol. The minimum atomic E-state index is -4.13. The first kappa shape index (κ1) is 13.9. The van der Waals surface area contributed by atoms with E-state index in [1.807, 2.05) is 4.90 Å². The molecule has 2 rings (SSSR count). The molecule has 1 N–H and O–H groups in total. The normalized spacial score (nSPS) is 17.6. The topological polar surface area (TPSA) is 44.3 Å². The number of hydrogen-bond donors (Lipinski definition) is 1. The van der Waals surface area contributed by atoms with E-state index in [-0.39, 0.29) is 0 Å². The highest BCUT2D eigenvalue weighted by Crippen LogP contribution is 2.19. The van der Waals surface area contributed by atoms with Crippen molar-refractivity contribution in [2.45, 2.75) is 6.18 Å². The third-order valence-corrected chi connectivity index (χ3v) is 2.98. The van der Waals surface area contributed by atoms with E-state index in [1.165, 1.54) is 4.90 Å². The van der Waals surface area contributed by atoms with Crippen LogP contribution in [-0.4, -0.2) is 60.8 Å². The Morgan fingerprint density at radius 3 is 2.47 bits per heavy atom. The number of alkyl halides is 3. The van der Waals surface area contributed by atoms with E-state index in [0.29, 0.717) is 37.8 Å². The summed E-state index contributed by atoms with van der Waals surface area (Å²) < 4.78 is 36.8. The highest BCUT2D eigenvalue weighted by atomic mass is 19.4. The number of aromatic nitrogens is 2. The maximum atomic E-state index is 12.3. The Morgan fingerprint density at radius 2 is 1.89 bits per heavy atom. The molecule has 0 aliphatic carbocycles. The zero-order valence-electron chi connectivity index (χ0n) is 10.6. The number of anilines is 2. The lowest BCUT2D eigenvalue weighted by Crippen LogP contribution is -2.49. The average Bonchev–Trinajstić information content (AvgIpc) is 2.38. The van der Waals surface area contributed by atoms with Crippen LogP contribution < -0.4 is 10.2 Å². The minimum Gasteiger partial charge on any atom is -0.372 e. The third-order valence-electron chi connectivity index (χ3n) is 2.98. The van der Waals surface area contributed by atoms with Crippen molar-refractivity contribution in [3.8, 4) is 0 Å². The van der Waals surface area contributed by atoms with Crippen molar-refractivity contribution in [2.75, 3.05) is 50.0 Å². The van der Waals surface area contributed by atoms with Gasteiger partial charge in [0.25, 0.3) is 0 Å². The monoisotopic (exact) mass is 275 g/mol. The van der Waals surface area contributed by atoms with Crippen LogP contribution in [0.25, 0.3) is 0 Å². The van der Waals surface area contributed by atoms with Crippen LogP contribution in [0.1, 0.15) is 0 Å². The van der Waals surface area contributed by atoms with E-state index >= 15 is 0 Å². The highest BCUT2D eigenvalue weighted by Gasteiger charge is 2.32. The van der Waals surface area contributed by atoms with E-state index in [1.54, 1.807) is 19.4 Å². The molecule has 0 bridgehead atoms. The fourth-order valence-electron chi connectivity index (χ4n) is 2.02. The maximum Gasteiger partial charge on any atom is 0.401 e. The summed E-state index contributed by atoms with van der Waals surface area (Å²) in [7, 11) is 1.75. The Hall–Kier alpha value is -1.57. The van der Waals surface area contributed by atoms with Crippen LogP contribution in [-0.2, 0) is 0 Å². The fourth-order valence-corrected chi connectivity index (χ4v) is 2.02. The van der Waals surface area contributed by atoms with Crippen LogP contribution in [0, 0.1) is 0 Å². The van der Waals surface area contributed by atoms with Crippen molar-refractivity contribution in [2.24, 2.45) is 0 Å². The number of nitrogens with zero attached hydrogens (tertiary/aromatic N) is 4. The molecule has 106 valence electrons. The number of piperazine rings is 1. The quantitative estimate of drug-likeness (QED) is 0.898. The van der Waals surface area contributed by atoms with E-state index in [2.05, 4.69) is 15.3 Å². The van der Waals surface area contributed by atoms with Gasteiger partial charge >= 0.3 is 6.18 Å². The SMILES string of the molecule is CNc1cncc(N2CCN(CC(F)(F)F)CC2)n1. The average molecular weight is 275 g/mol. The lowest BCUT2D eigenvalue weighted by molar-refractivity contribution is -0.146. The molecule has 0 aromatic carbocycles. The molecule has 0 unspecified atom stereocenters. The minimum absolute atomic E-state index is 0.380. The fraction of sp³-hybridized carbons (Fsp3) is 0.636.